The minimum atomic E-state index is -0.241. The zero-order chi connectivity index (χ0) is 21.4. The maximum Gasteiger partial charge on any atom is 0.268 e. The van der Waals surface area contributed by atoms with E-state index in [9.17, 15) is 9.59 Å². The van der Waals surface area contributed by atoms with Crippen LogP contribution in [0.3, 0.4) is 0 Å². The van der Waals surface area contributed by atoms with Crippen molar-refractivity contribution in [2.24, 2.45) is 0 Å². The fraction of sp³-hybridized carbons (Fsp3) is 0.182. The quantitative estimate of drug-likeness (QED) is 0.438. The van der Waals surface area contributed by atoms with Gasteiger partial charge in [-0.05, 0) is 25.0 Å². The Kier molecular flexibility index (Phi) is 6.11. The van der Waals surface area contributed by atoms with Crippen molar-refractivity contribution >= 4 is 68.4 Å². The second-order valence-corrected chi connectivity index (χ2v) is 10.2. The smallest absolute Gasteiger partial charge is 0.268 e. The minimum Gasteiger partial charge on any atom is -0.286 e. The molecule has 2 amide bonds. The monoisotopic (exact) mass is 470 g/mol. The predicted octanol–water partition coefficient (Wildman–Crippen LogP) is 5.44. The Morgan fingerprint density at radius 2 is 1.00 bits per heavy atom. The molecule has 0 radical (unpaired) electrons. The number of thioether (sulfide) groups is 2. The predicted molar refractivity (Wildman–Crippen MR) is 131 cm³/mol. The molecule has 2 aliphatic rings. The topological polar surface area (TPSA) is 40.6 Å². The summed E-state index contributed by atoms with van der Waals surface area (Å²) in [5.74, 6) is -0.483. The van der Waals surface area contributed by atoms with Gasteiger partial charge in [0.15, 0.2) is 0 Å². The van der Waals surface area contributed by atoms with Crippen molar-refractivity contribution in [2.75, 3.05) is 0 Å². The highest BCUT2D eigenvalue weighted by molar-refractivity contribution is 8.29. The Balaban J connectivity index is 1.64. The Bertz CT molecular complexity index is 984. The van der Waals surface area contributed by atoms with Crippen LogP contribution in [-0.4, -0.2) is 30.3 Å². The van der Waals surface area contributed by atoms with Crippen LogP contribution in [0.15, 0.2) is 70.5 Å². The van der Waals surface area contributed by atoms with Gasteiger partial charge in [0.25, 0.3) is 11.8 Å². The van der Waals surface area contributed by atoms with Crippen molar-refractivity contribution in [2.45, 2.75) is 25.9 Å². The van der Waals surface area contributed by atoms with Gasteiger partial charge >= 0.3 is 0 Å². The maximum atomic E-state index is 13.2. The third-order valence-electron chi connectivity index (χ3n) is 5.14. The van der Waals surface area contributed by atoms with Gasteiger partial charge in [-0.15, -0.1) is 0 Å². The van der Waals surface area contributed by atoms with Gasteiger partial charge in [-0.2, -0.15) is 0 Å². The van der Waals surface area contributed by atoms with Crippen molar-refractivity contribution < 1.29 is 9.59 Å². The second-order valence-electron chi connectivity index (χ2n) is 6.92. The lowest BCUT2D eigenvalue weighted by atomic mass is 10.1. The van der Waals surface area contributed by atoms with Crippen molar-refractivity contribution in [1.82, 2.24) is 9.80 Å². The van der Waals surface area contributed by atoms with E-state index < -0.39 is 0 Å². The highest BCUT2D eigenvalue weighted by Gasteiger charge is 2.44. The standard InChI is InChI=1S/C22H18N2O2S4/c1-13(15-9-5-3-6-10-15)23-19(25)17(29-21(23)27)18-20(26)24(22(28)30-18)14(2)16-11-7-4-8-12-16/h3-14H,1-2H3. The summed E-state index contributed by atoms with van der Waals surface area (Å²) in [5.41, 5.74) is 1.97. The van der Waals surface area contributed by atoms with Crippen molar-refractivity contribution in [3.63, 3.8) is 0 Å². The number of rotatable bonds is 4. The molecule has 2 aliphatic heterocycles. The molecule has 0 saturated carbocycles. The highest BCUT2D eigenvalue weighted by Crippen LogP contribution is 2.46. The van der Waals surface area contributed by atoms with Crippen LogP contribution in [0.25, 0.3) is 0 Å². The van der Waals surface area contributed by atoms with Gasteiger partial charge in [-0.1, -0.05) is 109 Å². The first kappa shape index (κ1) is 21.2. The summed E-state index contributed by atoms with van der Waals surface area (Å²) in [6.07, 6.45) is 0. The molecule has 4 rings (SSSR count). The number of carbonyl (C=O) groups is 2. The zero-order valence-electron chi connectivity index (χ0n) is 16.3. The van der Waals surface area contributed by atoms with Crippen molar-refractivity contribution in [3.8, 4) is 0 Å². The molecule has 0 aromatic heterocycles. The first-order valence-corrected chi connectivity index (χ1v) is 11.8. The van der Waals surface area contributed by atoms with Crippen LogP contribution in [0.4, 0.5) is 0 Å². The Labute approximate surface area is 194 Å². The number of nitrogens with zero attached hydrogens (tertiary/aromatic N) is 2. The van der Waals surface area contributed by atoms with Crippen LogP contribution in [0.5, 0.6) is 0 Å². The highest BCUT2D eigenvalue weighted by atomic mass is 32.2. The summed E-state index contributed by atoms with van der Waals surface area (Å²) in [6.45, 7) is 3.87. The van der Waals surface area contributed by atoms with Gasteiger partial charge < -0.3 is 0 Å². The average molecular weight is 471 g/mol. The lowest BCUT2D eigenvalue weighted by Crippen LogP contribution is -2.32. The molecule has 0 spiro atoms. The number of benzene rings is 2. The zero-order valence-corrected chi connectivity index (χ0v) is 19.5. The number of amides is 2. The summed E-state index contributed by atoms with van der Waals surface area (Å²) < 4.78 is 0.903. The van der Waals surface area contributed by atoms with E-state index in [2.05, 4.69) is 0 Å². The molecule has 152 valence electrons. The molecule has 4 nitrogen and oxygen atoms in total. The normalized spacial score (nSPS) is 21.5. The third-order valence-corrected chi connectivity index (χ3v) is 8.07. The van der Waals surface area contributed by atoms with Crippen LogP contribution in [-0.2, 0) is 9.59 Å². The van der Waals surface area contributed by atoms with Gasteiger partial charge in [0.2, 0.25) is 0 Å². The van der Waals surface area contributed by atoms with Crippen LogP contribution in [0.1, 0.15) is 37.1 Å². The molecule has 2 atom stereocenters. The summed E-state index contributed by atoms with van der Waals surface area (Å²) in [5, 5.41) is 0. The lowest BCUT2D eigenvalue weighted by Gasteiger charge is -2.24. The summed E-state index contributed by atoms with van der Waals surface area (Å²) in [4.78, 5) is 30.4. The molecule has 0 bridgehead atoms. The van der Waals surface area contributed by atoms with E-state index in [0.29, 0.717) is 18.5 Å². The van der Waals surface area contributed by atoms with E-state index in [1.165, 1.54) is 23.5 Å². The number of hydrogen-bond donors (Lipinski definition) is 0. The average Bonchev–Trinajstić information content (AvgIpc) is 3.22. The van der Waals surface area contributed by atoms with Crippen LogP contribution >= 0.6 is 48.0 Å². The van der Waals surface area contributed by atoms with E-state index in [1.807, 2.05) is 74.5 Å². The van der Waals surface area contributed by atoms with Gasteiger partial charge in [0.1, 0.15) is 8.64 Å². The molecular formula is C22H18N2O2S4. The number of hydrogen-bond acceptors (Lipinski definition) is 6. The molecule has 0 aliphatic carbocycles. The van der Waals surface area contributed by atoms with Gasteiger partial charge in [0, 0.05) is 0 Å². The second kappa shape index (κ2) is 8.63. The molecule has 2 unspecified atom stereocenters. The van der Waals surface area contributed by atoms with Crippen LogP contribution < -0.4 is 0 Å². The Morgan fingerprint density at radius 1 is 0.667 bits per heavy atom. The molecule has 30 heavy (non-hydrogen) atoms. The molecule has 2 heterocycles. The van der Waals surface area contributed by atoms with Crippen molar-refractivity contribution in [3.05, 3.63) is 81.6 Å². The maximum absolute atomic E-state index is 13.2. The largest absolute Gasteiger partial charge is 0.286 e. The SMILES string of the molecule is CC(c1ccccc1)N1C(=O)C(=C2SC(=S)N(C(C)c3ccccc3)C2=O)SC1=S. The molecule has 2 saturated heterocycles. The van der Waals surface area contributed by atoms with Gasteiger partial charge in [-0.25, -0.2) is 0 Å². The van der Waals surface area contributed by atoms with E-state index in [1.54, 1.807) is 9.80 Å². The lowest BCUT2D eigenvalue weighted by molar-refractivity contribution is -0.126. The number of carbonyl (C=O) groups excluding carboxylic acids is 2. The summed E-state index contributed by atoms with van der Waals surface area (Å²) in [6, 6.07) is 19.0. The Morgan fingerprint density at radius 3 is 1.33 bits per heavy atom. The molecular weight excluding hydrogens is 453 g/mol. The van der Waals surface area contributed by atoms with Crippen molar-refractivity contribution in [1.29, 1.82) is 0 Å². The molecule has 8 heteroatoms. The van der Waals surface area contributed by atoms with Crippen LogP contribution in [0.2, 0.25) is 0 Å². The fourth-order valence-corrected chi connectivity index (χ4v) is 6.45. The minimum absolute atomic E-state index is 0.218. The first-order chi connectivity index (χ1) is 14.4. The summed E-state index contributed by atoms with van der Waals surface area (Å²) >= 11 is 13.4. The van der Waals surface area contributed by atoms with Crippen LogP contribution in [0, 0.1) is 0 Å². The summed E-state index contributed by atoms with van der Waals surface area (Å²) in [7, 11) is 0. The molecule has 2 fully saturated rings. The first-order valence-electron chi connectivity index (χ1n) is 9.35. The van der Waals surface area contributed by atoms with Gasteiger partial charge in [-0.3, -0.25) is 19.4 Å². The third kappa shape index (κ3) is 3.73. The molecule has 0 N–H and O–H groups in total. The number of thiocarbonyl (C=S) groups is 2. The molecule has 2 aromatic carbocycles. The van der Waals surface area contributed by atoms with E-state index in [4.69, 9.17) is 24.4 Å². The fourth-order valence-electron chi connectivity index (χ4n) is 3.46. The Hall–Kier alpha value is -2.00. The van der Waals surface area contributed by atoms with E-state index in [-0.39, 0.29) is 23.9 Å². The van der Waals surface area contributed by atoms with E-state index >= 15 is 0 Å². The van der Waals surface area contributed by atoms with Gasteiger partial charge in [0.05, 0.1) is 21.9 Å². The molecule has 2 aromatic rings. The van der Waals surface area contributed by atoms with E-state index in [0.717, 1.165) is 11.1 Å².